The molecule has 0 aromatic heterocycles. The summed E-state index contributed by atoms with van der Waals surface area (Å²) in [5.41, 5.74) is 7.68. The molecule has 3 rings (SSSR count). The average Bonchev–Trinajstić information content (AvgIpc) is 2.63. The Morgan fingerprint density at radius 3 is 2.46 bits per heavy atom. The lowest BCUT2D eigenvalue weighted by Gasteiger charge is -2.29. The molecule has 0 bridgehead atoms. The van der Waals surface area contributed by atoms with Crippen LogP contribution in [-0.2, 0) is 9.84 Å². The Hall–Kier alpha value is -2.32. The zero-order chi connectivity index (χ0) is 20.5. The van der Waals surface area contributed by atoms with E-state index in [9.17, 15) is 21.6 Å². The van der Waals surface area contributed by atoms with Gasteiger partial charge < -0.3 is 11.1 Å². The predicted molar refractivity (Wildman–Crippen MR) is 102 cm³/mol. The van der Waals surface area contributed by atoms with Crippen LogP contribution >= 0.6 is 0 Å². The van der Waals surface area contributed by atoms with Crippen molar-refractivity contribution in [3.8, 4) is 0 Å². The lowest BCUT2D eigenvalue weighted by Crippen LogP contribution is -2.33. The number of para-hydroxylation sites is 1. The van der Waals surface area contributed by atoms with Gasteiger partial charge in [-0.1, -0.05) is 23.8 Å². The van der Waals surface area contributed by atoms with Gasteiger partial charge in [-0.3, -0.25) is 0 Å². The molecule has 0 heterocycles. The van der Waals surface area contributed by atoms with Crippen LogP contribution < -0.4 is 11.1 Å². The van der Waals surface area contributed by atoms with Gasteiger partial charge in [0.2, 0.25) is 0 Å². The number of anilines is 1. The first-order valence-corrected chi connectivity index (χ1v) is 10.7. The minimum absolute atomic E-state index is 0.0667. The molecule has 0 fully saturated rings. The second-order valence-electron chi connectivity index (χ2n) is 6.98. The van der Waals surface area contributed by atoms with E-state index in [4.69, 9.17) is 5.73 Å². The SMILES string of the molecule is CS(=O)(=O)c1ccccc1NCC1=CCC(c2cc(F)c(F)cc2F)C(N)C1. The van der Waals surface area contributed by atoms with Gasteiger partial charge in [0, 0.05) is 30.8 Å². The van der Waals surface area contributed by atoms with Crippen LogP contribution in [0.3, 0.4) is 0 Å². The summed E-state index contributed by atoms with van der Waals surface area (Å²) in [6, 6.07) is 7.54. The Bertz CT molecular complexity index is 1020. The first kappa shape index (κ1) is 20.4. The molecule has 2 aromatic carbocycles. The molecule has 3 N–H and O–H groups in total. The van der Waals surface area contributed by atoms with Crippen molar-refractivity contribution in [2.45, 2.75) is 29.7 Å². The van der Waals surface area contributed by atoms with Gasteiger partial charge in [-0.2, -0.15) is 0 Å². The summed E-state index contributed by atoms with van der Waals surface area (Å²) in [6.07, 6.45) is 3.83. The van der Waals surface area contributed by atoms with Crippen molar-refractivity contribution in [3.63, 3.8) is 0 Å². The van der Waals surface area contributed by atoms with Crippen LogP contribution in [-0.4, -0.2) is 27.3 Å². The highest BCUT2D eigenvalue weighted by molar-refractivity contribution is 7.90. The lowest BCUT2D eigenvalue weighted by molar-refractivity contribution is 0.455. The van der Waals surface area contributed by atoms with E-state index in [-0.39, 0.29) is 10.5 Å². The number of nitrogens with one attached hydrogen (secondary N) is 1. The Balaban J connectivity index is 1.74. The molecule has 2 unspecified atom stereocenters. The van der Waals surface area contributed by atoms with Crippen LogP contribution in [0, 0.1) is 17.5 Å². The predicted octanol–water partition coefficient (Wildman–Crippen LogP) is 3.75. The topological polar surface area (TPSA) is 72.2 Å². The smallest absolute Gasteiger partial charge is 0.177 e. The average molecular weight is 410 g/mol. The lowest BCUT2D eigenvalue weighted by atomic mass is 9.80. The van der Waals surface area contributed by atoms with E-state index in [2.05, 4.69) is 5.32 Å². The summed E-state index contributed by atoms with van der Waals surface area (Å²) < 4.78 is 64.5. The maximum Gasteiger partial charge on any atom is 0.177 e. The van der Waals surface area contributed by atoms with Crippen LogP contribution in [0.5, 0.6) is 0 Å². The van der Waals surface area contributed by atoms with E-state index >= 15 is 0 Å². The highest BCUT2D eigenvalue weighted by atomic mass is 32.2. The molecule has 0 saturated carbocycles. The van der Waals surface area contributed by atoms with Crippen LogP contribution in [0.1, 0.15) is 24.3 Å². The van der Waals surface area contributed by atoms with E-state index in [0.29, 0.717) is 31.1 Å². The van der Waals surface area contributed by atoms with E-state index in [0.717, 1.165) is 17.9 Å². The van der Waals surface area contributed by atoms with Crippen molar-refractivity contribution in [2.75, 3.05) is 18.1 Å². The number of nitrogens with two attached hydrogens (primary N) is 1. The Morgan fingerprint density at radius 1 is 1.11 bits per heavy atom. The number of halogens is 3. The maximum absolute atomic E-state index is 14.1. The van der Waals surface area contributed by atoms with Crippen LogP contribution in [0.4, 0.5) is 18.9 Å². The number of rotatable bonds is 5. The van der Waals surface area contributed by atoms with Gasteiger partial charge in [0.15, 0.2) is 21.5 Å². The second kappa shape index (κ2) is 7.97. The van der Waals surface area contributed by atoms with Crippen LogP contribution in [0.2, 0.25) is 0 Å². The molecule has 2 aromatic rings. The van der Waals surface area contributed by atoms with Crippen molar-refractivity contribution in [1.29, 1.82) is 0 Å². The summed E-state index contributed by atoms with van der Waals surface area (Å²) in [4.78, 5) is 0.206. The second-order valence-corrected chi connectivity index (χ2v) is 8.97. The molecule has 4 nitrogen and oxygen atoms in total. The fraction of sp³-hybridized carbons (Fsp3) is 0.300. The van der Waals surface area contributed by atoms with Crippen molar-refractivity contribution < 1.29 is 21.6 Å². The van der Waals surface area contributed by atoms with Crippen molar-refractivity contribution in [3.05, 3.63) is 71.1 Å². The fourth-order valence-corrected chi connectivity index (χ4v) is 4.33. The zero-order valence-corrected chi connectivity index (χ0v) is 16.1. The molecule has 0 spiro atoms. The molecular formula is C20H21F3N2O2S. The van der Waals surface area contributed by atoms with E-state index < -0.39 is 39.2 Å². The molecule has 1 aliphatic carbocycles. The minimum atomic E-state index is -3.37. The third kappa shape index (κ3) is 4.39. The fourth-order valence-electron chi connectivity index (χ4n) is 3.47. The zero-order valence-electron chi connectivity index (χ0n) is 15.3. The van der Waals surface area contributed by atoms with Crippen LogP contribution in [0.15, 0.2) is 52.9 Å². The van der Waals surface area contributed by atoms with Gasteiger partial charge in [0.25, 0.3) is 0 Å². The molecule has 1 aliphatic rings. The number of sulfone groups is 1. The molecule has 0 aliphatic heterocycles. The standard InChI is InChI=1S/C20H21F3N2O2S/c1-28(26,27)20-5-3-2-4-19(20)25-11-12-6-7-13(18(24)8-12)14-9-16(22)17(23)10-15(14)21/h2-6,9-10,13,18,25H,7-8,11,24H2,1H3. The van der Waals surface area contributed by atoms with Crippen LogP contribution in [0.25, 0.3) is 0 Å². The molecule has 0 amide bonds. The van der Waals surface area contributed by atoms with Gasteiger partial charge in [-0.15, -0.1) is 0 Å². The highest BCUT2D eigenvalue weighted by Gasteiger charge is 2.27. The molecule has 2 atom stereocenters. The van der Waals surface area contributed by atoms with E-state index in [1.165, 1.54) is 6.07 Å². The molecule has 150 valence electrons. The Morgan fingerprint density at radius 2 is 1.79 bits per heavy atom. The Labute approximate surface area is 162 Å². The van der Waals surface area contributed by atoms with Gasteiger partial charge in [0.1, 0.15) is 5.82 Å². The normalized spacial score (nSPS) is 20.0. The molecule has 28 heavy (non-hydrogen) atoms. The summed E-state index contributed by atoms with van der Waals surface area (Å²) in [5, 5.41) is 3.11. The summed E-state index contributed by atoms with van der Waals surface area (Å²) in [6.45, 7) is 0.382. The Kier molecular flexibility index (Phi) is 5.81. The maximum atomic E-state index is 14.1. The highest BCUT2D eigenvalue weighted by Crippen LogP contribution is 2.34. The number of benzene rings is 2. The molecule has 8 heteroatoms. The third-order valence-electron chi connectivity index (χ3n) is 4.91. The first-order valence-electron chi connectivity index (χ1n) is 8.77. The third-order valence-corrected chi connectivity index (χ3v) is 6.06. The monoisotopic (exact) mass is 410 g/mol. The van der Waals surface area contributed by atoms with Gasteiger partial charge in [0.05, 0.1) is 10.6 Å². The van der Waals surface area contributed by atoms with Gasteiger partial charge in [-0.25, -0.2) is 21.6 Å². The van der Waals surface area contributed by atoms with E-state index in [1.807, 2.05) is 6.08 Å². The minimum Gasteiger partial charge on any atom is -0.380 e. The largest absolute Gasteiger partial charge is 0.380 e. The molecule has 0 radical (unpaired) electrons. The van der Waals surface area contributed by atoms with Gasteiger partial charge in [-0.05, 0) is 36.6 Å². The summed E-state index contributed by atoms with van der Waals surface area (Å²) >= 11 is 0. The molecular weight excluding hydrogens is 389 g/mol. The first-order chi connectivity index (χ1) is 13.2. The number of hydrogen-bond acceptors (Lipinski definition) is 4. The van der Waals surface area contributed by atoms with Gasteiger partial charge >= 0.3 is 0 Å². The summed E-state index contributed by atoms with van der Waals surface area (Å²) in [5.74, 6) is -3.59. The quantitative estimate of drug-likeness (QED) is 0.582. The number of allylic oxidation sites excluding steroid dienone is 1. The van der Waals surface area contributed by atoms with Crippen molar-refractivity contribution in [2.24, 2.45) is 5.73 Å². The molecule has 0 saturated heterocycles. The number of hydrogen-bond donors (Lipinski definition) is 2. The summed E-state index contributed by atoms with van der Waals surface area (Å²) in [7, 11) is -3.37. The van der Waals surface area contributed by atoms with E-state index in [1.54, 1.807) is 18.2 Å². The van der Waals surface area contributed by atoms with Crippen molar-refractivity contribution in [1.82, 2.24) is 0 Å². The van der Waals surface area contributed by atoms with Crippen molar-refractivity contribution >= 4 is 15.5 Å².